The molecule has 25 heavy (non-hydrogen) atoms. The van der Waals surface area contributed by atoms with Gasteiger partial charge in [-0.3, -0.25) is 9.67 Å². The van der Waals surface area contributed by atoms with Gasteiger partial charge < -0.3 is 10.6 Å². The third kappa shape index (κ3) is 8.17. The van der Waals surface area contributed by atoms with Crippen molar-refractivity contribution in [3.63, 3.8) is 0 Å². The Kier molecular flexibility index (Phi) is 10.7. The predicted molar refractivity (Wildman–Crippen MR) is 114 cm³/mol. The molecule has 0 radical (unpaired) electrons. The normalized spacial score (nSPS) is 11.1. The first-order valence-corrected chi connectivity index (χ1v) is 8.84. The number of nitrogens with zero attached hydrogens (tertiary/aromatic N) is 3. The second-order valence-corrected chi connectivity index (χ2v) is 6.30. The molecule has 0 aliphatic carbocycles. The van der Waals surface area contributed by atoms with Crippen LogP contribution in [0.1, 0.15) is 18.4 Å². The van der Waals surface area contributed by atoms with Crippen LogP contribution >= 0.6 is 39.9 Å². The van der Waals surface area contributed by atoms with Crippen LogP contribution in [-0.4, -0.2) is 35.9 Å². The molecule has 0 spiro atoms. The lowest BCUT2D eigenvalue weighted by Crippen LogP contribution is -2.38. The quantitative estimate of drug-likeness (QED) is 0.240. The van der Waals surface area contributed by atoms with Crippen LogP contribution in [0.25, 0.3) is 0 Å². The fraction of sp³-hybridized carbons (Fsp3) is 0.412. The van der Waals surface area contributed by atoms with E-state index in [1.807, 2.05) is 29.1 Å². The van der Waals surface area contributed by atoms with Crippen LogP contribution in [-0.2, 0) is 13.0 Å². The average molecular weight is 524 g/mol. The molecule has 0 aliphatic rings. The Morgan fingerprint density at radius 2 is 2.04 bits per heavy atom. The van der Waals surface area contributed by atoms with Crippen molar-refractivity contribution in [1.29, 1.82) is 0 Å². The Bertz CT molecular complexity index is 648. The Hall–Kier alpha value is -1.16. The molecule has 2 aromatic rings. The summed E-state index contributed by atoms with van der Waals surface area (Å²) in [4.78, 5) is 4.19. The summed E-state index contributed by atoms with van der Waals surface area (Å²) in [6.07, 6.45) is 6.23. The van der Waals surface area contributed by atoms with Gasteiger partial charge in [-0.15, -0.1) is 24.0 Å². The van der Waals surface area contributed by atoms with Crippen LogP contribution in [0.2, 0.25) is 0 Å². The first-order valence-electron chi connectivity index (χ1n) is 8.05. The van der Waals surface area contributed by atoms with Crippen molar-refractivity contribution in [2.75, 3.05) is 20.1 Å². The molecular weight excluding hydrogens is 500 g/mol. The summed E-state index contributed by atoms with van der Waals surface area (Å²) in [6, 6.07) is 7.11. The minimum atomic E-state index is -0.162. The molecule has 0 amide bonds. The fourth-order valence-electron chi connectivity index (χ4n) is 2.31. The molecule has 2 N–H and O–H groups in total. The molecule has 0 saturated heterocycles. The first kappa shape index (κ1) is 21.9. The number of benzene rings is 1. The molecule has 2 rings (SSSR count). The molecular formula is C17H24BrFIN5. The number of aromatic nitrogens is 2. The fourth-order valence-corrected chi connectivity index (χ4v) is 2.64. The van der Waals surface area contributed by atoms with Crippen molar-refractivity contribution in [1.82, 2.24) is 20.4 Å². The van der Waals surface area contributed by atoms with Gasteiger partial charge in [0.05, 0.1) is 0 Å². The molecule has 0 fully saturated rings. The number of halogens is 3. The van der Waals surface area contributed by atoms with E-state index < -0.39 is 0 Å². The summed E-state index contributed by atoms with van der Waals surface area (Å²) in [7, 11) is 1.75. The standard InChI is InChI=1S/C17H23BrFN5.HI/c1-20-17(22-9-3-11-24-12-4-10-23-24)21-8-2-5-14-6-7-15(18)13-16(14)19;/h4,6-7,10,12-13H,2-3,5,8-9,11H2,1H3,(H2,20,21,22);1H. The average Bonchev–Trinajstić information content (AvgIpc) is 3.08. The van der Waals surface area contributed by atoms with E-state index in [2.05, 4.69) is 36.7 Å². The van der Waals surface area contributed by atoms with E-state index in [1.165, 1.54) is 6.07 Å². The highest BCUT2D eigenvalue weighted by Crippen LogP contribution is 2.16. The second-order valence-electron chi connectivity index (χ2n) is 5.39. The van der Waals surface area contributed by atoms with E-state index in [-0.39, 0.29) is 29.8 Å². The summed E-state index contributed by atoms with van der Waals surface area (Å²) < 4.78 is 16.4. The zero-order valence-electron chi connectivity index (χ0n) is 14.2. The molecule has 1 heterocycles. The molecule has 8 heteroatoms. The number of nitrogens with one attached hydrogen (secondary N) is 2. The highest BCUT2D eigenvalue weighted by molar-refractivity contribution is 14.0. The van der Waals surface area contributed by atoms with Crippen LogP contribution in [0, 0.1) is 5.82 Å². The summed E-state index contributed by atoms with van der Waals surface area (Å²) in [6.45, 7) is 2.44. The lowest BCUT2D eigenvalue weighted by molar-refractivity contribution is 0.569. The van der Waals surface area contributed by atoms with Crippen LogP contribution in [0.3, 0.4) is 0 Å². The number of hydrogen-bond acceptors (Lipinski definition) is 2. The summed E-state index contributed by atoms with van der Waals surface area (Å²) >= 11 is 3.27. The summed E-state index contributed by atoms with van der Waals surface area (Å²) in [5, 5.41) is 10.7. The molecule has 0 saturated carbocycles. The largest absolute Gasteiger partial charge is 0.356 e. The molecule has 138 valence electrons. The highest BCUT2D eigenvalue weighted by Gasteiger charge is 2.03. The van der Waals surface area contributed by atoms with Gasteiger partial charge in [-0.05, 0) is 43.0 Å². The maximum Gasteiger partial charge on any atom is 0.190 e. The maximum atomic E-state index is 13.7. The van der Waals surface area contributed by atoms with Crippen LogP contribution in [0.5, 0.6) is 0 Å². The number of aliphatic imine (C=N–C) groups is 1. The molecule has 0 atom stereocenters. The molecule has 0 unspecified atom stereocenters. The van der Waals surface area contributed by atoms with Gasteiger partial charge in [0.2, 0.25) is 0 Å². The number of aryl methyl sites for hydroxylation is 2. The molecule has 5 nitrogen and oxygen atoms in total. The van der Waals surface area contributed by atoms with E-state index in [1.54, 1.807) is 13.2 Å². The Balaban J connectivity index is 0.00000312. The van der Waals surface area contributed by atoms with Gasteiger partial charge in [0.1, 0.15) is 5.82 Å². The third-order valence-electron chi connectivity index (χ3n) is 3.57. The lowest BCUT2D eigenvalue weighted by Gasteiger charge is -2.12. The minimum absolute atomic E-state index is 0. The van der Waals surface area contributed by atoms with E-state index >= 15 is 0 Å². The molecule has 0 aliphatic heterocycles. The summed E-state index contributed by atoms with van der Waals surface area (Å²) in [5.41, 5.74) is 0.738. The topological polar surface area (TPSA) is 54.2 Å². The van der Waals surface area contributed by atoms with Gasteiger partial charge in [0.15, 0.2) is 5.96 Å². The van der Waals surface area contributed by atoms with Crippen molar-refractivity contribution < 1.29 is 4.39 Å². The molecule has 1 aromatic heterocycles. The van der Waals surface area contributed by atoms with Crippen LogP contribution in [0.4, 0.5) is 4.39 Å². The van der Waals surface area contributed by atoms with Gasteiger partial charge in [-0.2, -0.15) is 5.10 Å². The predicted octanol–water partition coefficient (Wildman–Crippen LogP) is 3.59. The third-order valence-corrected chi connectivity index (χ3v) is 4.06. The maximum absolute atomic E-state index is 13.7. The number of guanidine groups is 1. The zero-order valence-corrected chi connectivity index (χ0v) is 18.1. The van der Waals surface area contributed by atoms with Crippen molar-refractivity contribution in [2.24, 2.45) is 4.99 Å². The highest BCUT2D eigenvalue weighted by atomic mass is 127. The smallest absolute Gasteiger partial charge is 0.190 e. The van der Waals surface area contributed by atoms with Crippen molar-refractivity contribution >= 4 is 45.9 Å². The molecule has 1 aromatic carbocycles. The number of hydrogen-bond donors (Lipinski definition) is 2. The Labute approximate surface area is 173 Å². The first-order chi connectivity index (χ1) is 11.7. The van der Waals surface area contributed by atoms with Gasteiger partial charge >= 0.3 is 0 Å². The minimum Gasteiger partial charge on any atom is -0.356 e. The van der Waals surface area contributed by atoms with E-state index in [9.17, 15) is 4.39 Å². The van der Waals surface area contributed by atoms with E-state index in [0.29, 0.717) is 6.42 Å². The van der Waals surface area contributed by atoms with Crippen molar-refractivity contribution in [3.8, 4) is 0 Å². The summed E-state index contributed by atoms with van der Waals surface area (Å²) in [5.74, 6) is 0.609. The van der Waals surface area contributed by atoms with Crippen LogP contribution in [0.15, 0.2) is 46.1 Å². The SMILES string of the molecule is CN=C(NCCCc1ccc(Br)cc1F)NCCCn1cccn1.I. The lowest BCUT2D eigenvalue weighted by atomic mass is 10.1. The Morgan fingerprint density at radius 1 is 1.28 bits per heavy atom. The van der Waals surface area contributed by atoms with Gasteiger partial charge in [-0.25, -0.2) is 4.39 Å². The zero-order chi connectivity index (χ0) is 17.2. The monoisotopic (exact) mass is 523 g/mol. The van der Waals surface area contributed by atoms with E-state index in [4.69, 9.17) is 0 Å². The molecule has 0 bridgehead atoms. The van der Waals surface area contributed by atoms with Gasteiger partial charge in [0, 0.05) is 43.5 Å². The second kappa shape index (κ2) is 12.2. The number of rotatable bonds is 8. The van der Waals surface area contributed by atoms with Crippen molar-refractivity contribution in [2.45, 2.75) is 25.8 Å². The van der Waals surface area contributed by atoms with Gasteiger partial charge in [-0.1, -0.05) is 22.0 Å². The van der Waals surface area contributed by atoms with Gasteiger partial charge in [0.25, 0.3) is 0 Å². The Morgan fingerprint density at radius 3 is 2.68 bits per heavy atom. The van der Waals surface area contributed by atoms with E-state index in [0.717, 1.165) is 48.5 Å². The van der Waals surface area contributed by atoms with Crippen LogP contribution < -0.4 is 10.6 Å². The van der Waals surface area contributed by atoms with Crippen molar-refractivity contribution in [3.05, 3.63) is 52.5 Å².